The Balaban J connectivity index is 0.000000861. The highest BCUT2D eigenvalue weighted by Crippen LogP contribution is 2.34. The van der Waals surface area contributed by atoms with Crippen LogP contribution >= 0.6 is 0 Å². The van der Waals surface area contributed by atoms with Gasteiger partial charge in [-0.1, -0.05) is 32.0 Å². The van der Waals surface area contributed by atoms with E-state index >= 15 is 0 Å². The van der Waals surface area contributed by atoms with Crippen LogP contribution in [-0.2, 0) is 9.59 Å². The SMILES string of the molecule is CC.CNC(CC1C(=O)Nc2ccccc21)C(N)=O. The lowest BCUT2D eigenvalue weighted by Gasteiger charge is -2.16. The summed E-state index contributed by atoms with van der Waals surface area (Å²) in [5, 5.41) is 5.62. The van der Waals surface area contributed by atoms with Crippen LogP contribution in [0.3, 0.4) is 0 Å². The lowest BCUT2D eigenvalue weighted by atomic mass is 9.93. The zero-order valence-corrected chi connectivity index (χ0v) is 11.6. The molecule has 2 rings (SSSR count). The van der Waals surface area contributed by atoms with E-state index in [1.54, 1.807) is 7.05 Å². The molecule has 1 aromatic carbocycles. The molecule has 2 atom stereocenters. The molecule has 0 saturated carbocycles. The zero-order chi connectivity index (χ0) is 14.4. The number of hydrogen-bond acceptors (Lipinski definition) is 3. The van der Waals surface area contributed by atoms with Crippen molar-refractivity contribution in [1.29, 1.82) is 0 Å². The first-order valence-corrected chi connectivity index (χ1v) is 6.50. The van der Waals surface area contributed by atoms with Crippen LogP contribution in [0.2, 0.25) is 0 Å². The predicted octanol–water partition coefficient (Wildman–Crippen LogP) is 1.21. The summed E-state index contributed by atoms with van der Waals surface area (Å²) >= 11 is 0. The van der Waals surface area contributed by atoms with Crippen LogP contribution in [0.15, 0.2) is 24.3 Å². The van der Waals surface area contributed by atoms with Gasteiger partial charge >= 0.3 is 0 Å². The van der Waals surface area contributed by atoms with Gasteiger partial charge in [0.25, 0.3) is 0 Å². The Kier molecular flexibility index (Phi) is 5.51. The van der Waals surface area contributed by atoms with Crippen molar-refractivity contribution >= 4 is 17.5 Å². The number of carbonyl (C=O) groups excluding carboxylic acids is 2. The molecule has 5 nitrogen and oxygen atoms in total. The van der Waals surface area contributed by atoms with E-state index in [9.17, 15) is 9.59 Å². The van der Waals surface area contributed by atoms with E-state index in [0.29, 0.717) is 6.42 Å². The predicted molar refractivity (Wildman–Crippen MR) is 75.8 cm³/mol. The lowest BCUT2D eigenvalue weighted by molar-refractivity contribution is -0.120. The normalized spacial score (nSPS) is 17.8. The highest BCUT2D eigenvalue weighted by Gasteiger charge is 2.33. The minimum atomic E-state index is -0.489. The first-order chi connectivity index (χ1) is 9.13. The minimum absolute atomic E-state index is 0.0762. The summed E-state index contributed by atoms with van der Waals surface area (Å²) in [6.45, 7) is 4.00. The van der Waals surface area contributed by atoms with Gasteiger partial charge in [-0.3, -0.25) is 9.59 Å². The van der Waals surface area contributed by atoms with Crippen molar-refractivity contribution in [3.63, 3.8) is 0 Å². The first-order valence-electron chi connectivity index (χ1n) is 6.50. The van der Waals surface area contributed by atoms with Gasteiger partial charge in [0.05, 0.1) is 12.0 Å². The van der Waals surface area contributed by atoms with Crippen LogP contribution in [0.1, 0.15) is 31.7 Å². The summed E-state index contributed by atoms with van der Waals surface area (Å²) in [6, 6.07) is 7.00. The van der Waals surface area contributed by atoms with Gasteiger partial charge in [0, 0.05) is 5.69 Å². The maximum atomic E-state index is 11.8. The van der Waals surface area contributed by atoms with Gasteiger partial charge in [-0.05, 0) is 25.1 Å². The standard InChI is InChI=1S/C12H15N3O2.C2H6/c1-14-10(11(13)16)6-8-7-4-2-3-5-9(7)15-12(8)17;1-2/h2-5,8,10,14H,6H2,1H3,(H2,13,16)(H,15,17);1-2H3. The molecule has 0 aromatic heterocycles. The fourth-order valence-electron chi connectivity index (χ4n) is 2.12. The first kappa shape index (κ1) is 15.2. The Labute approximate surface area is 113 Å². The average Bonchev–Trinajstić information content (AvgIpc) is 2.73. The maximum absolute atomic E-state index is 11.8. The number of fused-ring (bicyclic) bond motifs is 1. The number of likely N-dealkylation sites (N-methyl/N-ethyl adjacent to an activating group) is 1. The van der Waals surface area contributed by atoms with E-state index < -0.39 is 11.9 Å². The smallest absolute Gasteiger partial charge is 0.234 e. The van der Waals surface area contributed by atoms with Crippen molar-refractivity contribution in [3.05, 3.63) is 29.8 Å². The topological polar surface area (TPSA) is 84.2 Å². The summed E-state index contributed by atoms with van der Waals surface area (Å²) in [4.78, 5) is 23.0. The van der Waals surface area contributed by atoms with Crippen molar-refractivity contribution in [3.8, 4) is 0 Å². The fraction of sp³-hybridized carbons (Fsp3) is 0.429. The molecule has 19 heavy (non-hydrogen) atoms. The van der Waals surface area contributed by atoms with Crippen LogP contribution in [0.4, 0.5) is 5.69 Å². The van der Waals surface area contributed by atoms with E-state index in [4.69, 9.17) is 5.73 Å². The molecule has 0 fully saturated rings. The highest BCUT2D eigenvalue weighted by molar-refractivity contribution is 6.03. The van der Waals surface area contributed by atoms with Gasteiger partial charge in [-0.2, -0.15) is 0 Å². The number of para-hydroxylation sites is 1. The number of rotatable bonds is 4. The Morgan fingerprint density at radius 2 is 2.05 bits per heavy atom. The van der Waals surface area contributed by atoms with Gasteiger partial charge < -0.3 is 16.4 Å². The third kappa shape index (κ3) is 3.32. The Hall–Kier alpha value is -1.88. The van der Waals surface area contributed by atoms with E-state index in [0.717, 1.165) is 11.3 Å². The number of hydrogen-bond donors (Lipinski definition) is 3. The van der Waals surface area contributed by atoms with E-state index in [1.165, 1.54) is 0 Å². The monoisotopic (exact) mass is 263 g/mol. The number of benzene rings is 1. The van der Waals surface area contributed by atoms with Gasteiger partial charge in [0.2, 0.25) is 11.8 Å². The number of amides is 2. The Bertz CT molecular complexity index is 460. The van der Waals surface area contributed by atoms with Crippen molar-refractivity contribution < 1.29 is 9.59 Å². The number of primary amides is 1. The lowest BCUT2D eigenvalue weighted by Crippen LogP contribution is -2.40. The van der Waals surface area contributed by atoms with Crippen LogP contribution in [0.25, 0.3) is 0 Å². The number of nitrogens with two attached hydrogens (primary N) is 1. The molecular weight excluding hydrogens is 242 g/mol. The number of nitrogens with one attached hydrogen (secondary N) is 2. The van der Waals surface area contributed by atoms with Crippen molar-refractivity contribution in [2.75, 3.05) is 12.4 Å². The molecule has 104 valence electrons. The largest absolute Gasteiger partial charge is 0.368 e. The summed E-state index contributed by atoms with van der Waals surface area (Å²) < 4.78 is 0. The molecule has 0 saturated heterocycles. The summed E-state index contributed by atoms with van der Waals surface area (Å²) in [5.41, 5.74) is 7.01. The number of anilines is 1. The summed E-state index contributed by atoms with van der Waals surface area (Å²) in [7, 11) is 1.66. The van der Waals surface area contributed by atoms with Gasteiger partial charge in [0.1, 0.15) is 0 Å². The molecule has 0 spiro atoms. The minimum Gasteiger partial charge on any atom is -0.368 e. The molecule has 2 unspecified atom stereocenters. The highest BCUT2D eigenvalue weighted by atomic mass is 16.2. The molecule has 0 aliphatic carbocycles. The molecule has 4 N–H and O–H groups in total. The second-order valence-corrected chi connectivity index (χ2v) is 4.11. The second-order valence-electron chi connectivity index (χ2n) is 4.11. The third-order valence-corrected chi connectivity index (χ3v) is 3.07. The van der Waals surface area contributed by atoms with Gasteiger partial charge in [-0.15, -0.1) is 0 Å². The van der Waals surface area contributed by atoms with E-state index in [2.05, 4.69) is 10.6 Å². The molecule has 1 aliphatic rings. The van der Waals surface area contributed by atoms with Crippen LogP contribution in [0, 0.1) is 0 Å². The Morgan fingerprint density at radius 3 is 2.63 bits per heavy atom. The third-order valence-electron chi connectivity index (χ3n) is 3.07. The summed E-state index contributed by atoms with van der Waals surface area (Å²) in [5.74, 6) is -0.825. The van der Waals surface area contributed by atoms with E-state index in [-0.39, 0.29) is 11.8 Å². The van der Waals surface area contributed by atoms with Gasteiger partial charge in [0.15, 0.2) is 0 Å². The quantitative estimate of drug-likeness (QED) is 0.763. The number of carbonyl (C=O) groups is 2. The fourth-order valence-corrected chi connectivity index (χ4v) is 2.12. The van der Waals surface area contributed by atoms with Crippen LogP contribution in [-0.4, -0.2) is 24.9 Å². The molecule has 1 aliphatic heterocycles. The summed E-state index contributed by atoms with van der Waals surface area (Å²) in [6.07, 6.45) is 0.384. The molecule has 0 bridgehead atoms. The second kappa shape index (κ2) is 6.89. The van der Waals surface area contributed by atoms with Crippen molar-refractivity contribution in [2.24, 2.45) is 5.73 Å². The Morgan fingerprint density at radius 1 is 1.42 bits per heavy atom. The molecule has 0 radical (unpaired) electrons. The van der Waals surface area contributed by atoms with E-state index in [1.807, 2.05) is 38.1 Å². The van der Waals surface area contributed by atoms with Crippen LogP contribution < -0.4 is 16.4 Å². The molecule has 2 amide bonds. The molecule has 1 heterocycles. The van der Waals surface area contributed by atoms with Crippen molar-refractivity contribution in [2.45, 2.75) is 32.2 Å². The van der Waals surface area contributed by atoms with Crippen LogP contribution in [0.5, 0.6) is 0 Å². The molecule has 5 heteroatoms. The van der Waals surface area contributed by atoms with Gasteiger partial charge in [-0.25, -0.2) is 0 Å². The van der Waals surface area contributed by atoms with Crippen molar-refractivity contribution in [1.82, 2.24) is 5.32 Å². The average molecular weight is 263 g/mol. The molecule has 1 aromatic rings. The maximum Gasteiger partial charge on any atom is 0.234 e. The zero-order valence-electron chi connectivity index (χ0n) is 11.6. The molecular formula is C14H21N3O2.